The fraction of sp³-hybridized carbons (Fsp3) is 0.591. The molecule has 0 aromatic carbocycles. The number of carbonyl (C=O) groups excluding carboxylic acids is 2. The Morgan fingerprint density at radius 2 is 1.83 bits per heavy atom. The molecule has 3 rings (SSSR count). The quantitative estimate of drug-likeness (QED) is 0.516. The number of esters is 1. The molecule has 4 atom stereocenters. The summed E-state index contributed by atoms with van der Waals surface area (Å²) in [6, 6.07) is 1.76. The highest BCUT2D eigenvalue weighted by molar-refractivity contribution is 7.16. The number of hydrogen-bond donors (Lipinski definition) is 2. The predicted octanol–water partition coefficient (Wildman–Crippen LogP) is 4.68. The minimum Gasteiger partial charge on any atom is -0.481 e. The van der Waals surface area contributed by atoms with Gasteiger partial charge in [-0.1, -0.05) is 25.0 Å². The first-order chi connectivity index (χ1) is 13.7. The van der Waals surface area contributed by atoms with Gasteiger partial charge in [-0.15, -0.1) is 11.3 Å². The van der Waals surface area contributed by atoms with Crippen LogP contribution in [0.4, 0.5) is 5.00 Å². The molecule has 2 N–H and O–H groups in total. The van der Waals surface area contributed by atoms with E-state index in [0.29, 0.717) is 10.6 Å². The van der Waals surface area contributed by atoms with E-state index in [4.69, 9.17) is 4.74 Å². The summed E-state index contributed by atoms with van der Waals surface area (Å²) in [6.45, 7) is 10.0. The summed E-state index contributed by atoms with van der Waals surface area (Å²) < 4.78 is 5.14. The predicted molar refractivity (Wildman–Crippen MR) is 112 cm³/mol. The average Bonchev–Trinajstić information content (AvgIpc) is 3.32. The van der Waals surface area contributed by atoms with Gasteiger partial charge in [0, 0.05) is 4.88 Å². The van der Waals surface area contributed by atoms with Crippen molar-refractivity contribution in [2.75, 3.05) is 11.9 Å². The average molecular weight is 420 g/mol. The van der Waals surface area contributed by atoms with Crippen molar-refractivity contribution >= 4 is 34.2 Å². The van der Waals surface area contributed by atoms with Gasteiger partial charge in [0.05, 0.1) is 24.0 Å². The minimum absolute atomic E-state index is 0.0401. The van der Waals surface area contributed by atoms with Gasteiger partial charge in [-0.05, 0) is 57.4 Å². The Kier molecular flexibility index (Phi) is 6.17. The summed E-state index contributed by atoms with van der Waals surface area (Å²) in [5, 5.41) is 13.2. The third kappa shape index (κ3) is 3.84. The van der Waals surface area contributed by atoms with Gasteiger partial charge in [-0.3, -0.25) is 9.59 Å². The Hall–Kier alpha value is -2.15. The molecule has 1 aromatic heterocycles. The number of nitrogens with one attached hydrogen (secondary N) is 1. The lowest BCUT2D eigenvalue weighted by atomic mass is 9.79. The van der Waals surface area contributed by atoms with Crippen LogP contribution in [0.1, 0.15) is 68.6 Å². The molecule has 29 heavy (non-hydrogen) atoms. The van der Waals surface area contributed by atoms with Crippen molar-refractivity contribution < 1.29 is 24.2 Å². The van der Waals surface area contributed by atoms with Crippen LogP contribution in [-0.2, 0) is 14.3 Å². The van der Waals surface area contributed by atoms with Crippen LogP contribution in [0.2, 0.25) is 0 Å². The molecule has 2 bridgehead atoms. The van der Waals surface area contributed by atoms with Crippen molar-refractivity contribution in [2.24, 2.45) is 23.7 Å². The summed E-state index contributed by atoms with van der Waals surface area (Å²) in [5.74, 6) is -2.95. The van der Waals surface area contributed by atoms with Crippen molar-refractivity contribution in [3.8, 4) is 0 Å². The number of rotatable bonds is 6. The molecule has 0 unspecified atom stereocenters. The molecular weight excluding hydrogens is 390 g/mol. The molecule has 0 radical (unpaired) electrons. The van der Waals surface area contributed by atoms with Gasteiger partial charge in [0.2, 0.25) is 5.91 Å². The van der Waals surface area contributed by atoms with E-state index in [0.717, 1.165) is 28.9 Å². The van der Waals surface area contributed by atoms with E-state index in [-0.39, 0.29) is 30.3 Å². The topological polar surface area (TPSA) is 92.7 Å². The maximum absolute atomic E-state index is 13.3. The van der Waals surface area contributed by atoms with E-state index in [1.54, 1.807) is 13.0 Å². The number of amides is 1. The fourth-order valence-corrected chi connectivity index (χ4v) is 6.00. The Morgan fingerprint density at radius 3 is 2.34 bits per heavy atom. The van der Waals surface area contributed by atoms with E-state index in [9.17, 15) is 19.5 Å². The van der Waals surface area contributed by atoms with Crippen molar-refractivity contribution in [3.05, 3.63) is 27.7 Å². The number of hydrogen-bond acceptors (Lipinski definition) is 5. The monoisotopic (exact) mass is 419 g/mol. The zero-order valence-electron chi connectivity index (χ0n) is 17.6. The second kappa shape index (κ2) is 8.30. The number of aliphatic carboxylic acids is 1. The molecule has 2 aliphatic carbocycles. The van der Waals surface area contributed by atoms with Crippen LogP contribution in [0, 0.1) is 23.7 Å². The lowest BCUT2D eigenvalue weighted by Gasteiger charge is -2.26. The molecule has 1 amide bonds. The van der Waals surface area contributed by atoms with Gasteiger partial charge >= 0.3 is 11.9 Å². The Labute approximate surface area is 175 Å². The maximum atomic E-state index is 13.3. The summed E-state index contributed by atoms with van der Waals surface area (Å²) in [4.78, 5) is 38.6. The number of ether oxygens (including phenoxy) is 1. The summed E-state index contributed by atoms with van der Waals surface area (Å²) >= 11 is 1.35. The smallest absolute Gasteiger partial charge is 0.341 e. The van der Waals surface area contributed by atoms with Crippen LogP contribution in [0.3, 0.4) is 0 Å². The molecule has 1 aromatic rings. The Morgan fingerprint density at radius 1 is 1.21 bits per heavy atom. The van der Waals surface area contributed by atoms with E-state index < -0.39 is 23.8 Å². The van der Waals surface area contributed by atoms with Crippen LogP contribution in [0.5, 0.6) is 0 Å². The standard InChI is InChI=1S/C22H29NO5S/c1-6-28-22(27)14-9-15(10(2)3)29-20(14)23-19(24)17-12-7-8-13(16(12)11(4)5)18(17)21(25)26/h9-10,12-13,17-18H,6-8H2,1-5H3,(H,23,24)(H,25,26)/t12-,13+,17+,18+/m1/s1. The van der Waals surface area contributed by atoms with E-state index in [1.165, 1.54) is 11.3 Å². The molecule has 0 saturated heterocycles. The number of fused-ring (bicyclic) bond motifs is 2. The number of allylic oxidation sites excluding steroid dienone is 2. The van der Waals surface area contributed by atoms with Crippen molar-refractivity contribution in [1.82, 2.24) is 0 Å². The third-order valence-corrected chi connectivity index (χ3v) is 7.41. The molecular formula is C22H29NO5S. The lowest BCUT2D eigenvalue weighted by molar-refractivity contribution is -0.148. The fourth-order valence-electron chi connectivity index (χ4n) is 4.95. The highest BCUT2D eigenvalue weighted by Crippen LogP contribution is 2.57. The molecule has 7 heteroatoms. The van der Waals surface area contributed by atoms with Gasteiger partial charge in [0.15, 0.2) is 0 Å². The molecule has 1 heterocycles. The van der Waals surface area contributed by atoms with Crippen LogP contribution in [-0.4, -0.2) is 29.6 Å². The van der Waals surface area contributed by atoms with Crippen LogP contribution < -0.4 is 5.32 Å². The third-order valence-electron chi connectivity index (χ3n) is 6.06. The molecule has 0 spiro atoms. The highest BCUT2D eigenvalue weighted by atomic mass is 32.1. The largest absolute Gasteiger partial charge is 0.481 e. The van der Waals surface area contributed by atoms with Crippen molar-refractivity contribution in [3.63, 3.8) is 0 Å². The van der Waals surface area contributed by atoms with Gasteiger partial charge in [-0.25, -0.2) is 4.79 Å². The maximum Gasteiger partial charge on any atom is 0.341 e. The first-order valence-corrected chi connectivity index (χ1v) is 11.0. The highest BCUT2D eigenvalue weighted by Gasteiger charge is 2.57. The van der Waals surface area contributed by atoms with Crippen LogP contribution >= 0.6 is 11.3 Å². The zero-order valence-corrected chi connectivity index (χ0v) is 18.4. The summed E-state index contributed by atoms with van der Waals surface area (Å²) in [5.41, 5.74) is 2.59. The van der Waals surface area contributed by atoms with Crippen LogP contribution in [0.15, 0.2) is 17.2 Å². The molecule has 0 aliphatic heterocycles. The first-order valence-electron chi connectivity index (χ1n) is 10.2. The van der Waals surface area contributed by atoms with Gasteiger partial charge in [0.1, 0.15) is 5.00 Å². The number of carboxylic acids is 1. The zero-order chi connectivity index (χ0) is 21.5. The number of anilines is 1. The van der Waals surface area contributed by atoms with Gasteiger partial charge < -0.3 is 15.2 Å². The molecule has 2 fully saturated rings. The van der Waals surface area contributed by atoms with Crippen molar-refractivity contribution in [2.45, 2.75) is 53.4 Å². The number of carbonyl (C=O) groups is 3. The SMILES string of the molecule is CCOC(=O)c1cc(C(C)C)sc1NC(=O)[C@@H]1[C@@H](C(=O)O)[C@H]2CC[C@@H]1C2=C(C)C. The van der Waals surface area contributed by atoms with Gasteiger partial charge in [0.25, 0.3) is 0 Å². The Balaban J connectivity index is 1.93. The van der Waals surface area contributed by atoms with Gasteiger partial charge in [-0.2, -0.15) is 0 Å². The van der Waals surface area contributed by atoms with E-state index in [2.05, 4.69) is 5.32 Å². The van der Waals surface area contributed by atoms with E-state index >= 15 is 0 Å². The lowest BCUT2D eigenvalue weighted by Crippen LogP contribution is -2.37. The normalized spacial score (nSPS) is 25.4. The van der Waals surface area contributed by atoms with E-state index in [1.807, 2.05) is 27.7 Å². The summed E-state index contributed by atoms with van der Waals surface area (Å²) in [7, 11) is 0. The number of thiophene rings is 1. The number of carboxylic acid groups (broad SMARTS) is 1. The molecule has 6 nitrogen and oxygen atoms in total. The first kappa shape index (κ1) is 21.6. The Bertz CT molecular complexity index is 865. The van der Waals surface area contributed by atoms with Crippen molar-refractivity contribution in [1.29, 1.82) is 0 Å². The molecule has 2 aliphatic rings. The molecule has 2 saturated carbocycles. The minimum atomic E-state index is -0.921. The summed E-state index contributed by atoms with van der Waals surface area (Å²) in [6.07, 6.45) is 1.65. The second-order valence-corrected chi connectivity index (χ2v) is 9.48. The van der Waals surface area contributed by atoms with Crippen LogP contribution in [0.25, 0.3) is 0 Å². The second-order valence-electron chi connectivity index (χ2n) is 8.39. The molecule has 158 valence electrons.